The fourth-order valence-electron chi connectivity index (χ4n) is 2.07. The van der Waals surface area contributed by atoms with Crippen LogP contribution in [0.2, 0.25) is 0 Å². The molecule has 0 aromatic carbocycles. The van der Waals surface area contributed by atoms with Crippen molar-refractivity contribution in [3.05, 3.63) is 0 Å². The van der Waals surface area contributed by atoms with Crippen LogP contribution in [0.3, 0.4) is 0 Å². The fourth-order valence-corrected chi connectivity index (χ4v) is 2.07. The normalized spacial score (nSPS) is 11.2. The van der Waals surface area contributed by atoms with Gasteiger partial charge in [-0.3, -0.25) is 0 Å². The quantitative estimate of drug-likeness (QED) is 0.498. The number of hydrogen-bond acceptors (Lipinski definition) is 1. The third-order valence-corrected chi connectivity index (χ3v) is 3.22. The Hall–Kier alpha value is -0.0400. The Kier molecular flexibility index (Phi) is 12.0. The minimum Gasteiger partial charge on any atom is -0.317 e. The lowest BCUT2D eigenvalue weighted by Gasteiger charge is -2.15. The van der Waals surface area contributed by atoms with Gasteiger partial charge in [-0.2, -0.15) is 0 Å². The van der Waals surface area contributed by atoms with Crippen molar-refractivity contribution in [3.8, 4) is 0 Å². The first-order chi connectivity index (χ1) is 7.35. The molecule has 0 aliphatic rings. The van der Waals surface area contributed by atoms with Gasteiger partial charge >= 0.3 is 0 Å². The summed E-state index contributed by atoms with van der Waals surface area (Å²) in [6, 6.07) is 0.777. The summed E-state index contributed by atoms with van der Waals surface area (Å²) in [6.45, 7) is 4.56. The van der Waals surface area contributed by atoms with E-state index >= 15 is 0 Å². The van der Waals surface area contributed by atoms with Crippen molar-refractivity contribution in [1.82, 2.24) is 5.32 Å². The third kappa shape index (κ3) is 10.2. The standard InChI is InChI=1S/C14H31N/c1-4-6-8-10-12-14(15-3)13-11-9-7-5-2/h14-15H,4-13H2,1-3H3. The molecule has 92 valence electrons. The largest absolute Gasteiger partial charge is 0.317 e. The number of unbranched alkanes of at least 4 members (excludes halogenated alkanes) is 6. The summed E-state index contributed by atoms with van der Waals surface area (Å²) in [6.07, 6.45) is 13.9. The Morgan fingerprint density at radius 2 is 1.20 bits per heavy atom. The van der Waals surface area contributed by atoms with Crippen LogP contribution < -0.4 is 5.32 Å². The van der Waals surface area contributed by atoms with Gasteiger partial charge in [0.05, 0.1) is 0 Å². The molecule has 0 aromatic heterocycles. The zero-order chi connectivity index (χ0) is 11.4. The molecule has 15 heavy (non-hydrogen) atoms. The van der Waals surface area contributed by atoms with E-state index in [-0.39, 0.29) is 0 Å². The maximum atomic E-state index is 3.46. The smallest absolute Gasteiger partial charge is 0.00640 e. The Morgan fingerprint density at radius 1 is 0.733 bits per heavy atom. The van der Waals surface area contributed by atoms with Gasteiger partial charge < -0.3 is 5.32 Å². The molecule has 0 fully saturated rings. The van der Waals surface area contributed by atoms with Crippen molar-refractivity contribution in [3.63, 3.8) is 0 Å². The molecule has 0 aliphatic heterocycles. The van der Waals surface area contributed by atoms with Gasteiger partial charge in [-0.15, -0.1) is 0 Å². The number of nitrogens with one attached hydrogen (secondary N) is 1. The van der Waals surface area contributed by atoms with Gasteiger partial charge in [0.2, 0.25) is 0 Å². The van der Waals surface area contributed by atoms with E-state index in [1.807, 2.05) is 0 Å². The second kappa shape index (κ2) is 12.0. The molecular formula is C14H31N. The molecule has 0 radical (unpaired) electrons. The monoisotopic (exact) mass is 213 g/mol. The SMILES string of the molecule is CCCCCCC(CCCCCC)NC. The summed E-state index contributed by atoms with van der Waals surface area (Å²) in [7, 11) is 2.12. The molecule has 0 heterocycles. The molecule has 1 N–H and O–H groups in total. The molecule has 1 heteroatoms. The predicted octanol–water partition coefficient (Wildman–Crippen LogP) is 4.52. The van der Waals surface area contributed by atoms with E-state index in [0.717, 1.165) is 6.04 Å². The van der Waals surface area contributed by atoms with E-state index in [9.17, 15) is 0 Å². The van der Waals surface area contributed by atoms with Crippen LogP contribution in [0, 0.1) is 0 Å². The lowest BCUT2D eigenvalue weighted by atomic mass is 10.0. The van der Waals surface area contributed by atoms with Gasteiger partial charge in [-0.05, 0) is 19.9 Å². The van der Waals surface area contributed by atoms with Crippen LogP contribution >= 0.6 is 0 Å². The van der Waals surface area contributed by atoms with E-state index in [0.29, 0.717) is 0 Å². The first-order valence-corrected chi connectivity index (χ1v) is 7.02. The van der Waals surface area contributed by atoms with Crippen molar-refractivity contribution in [2.75, 3.05) is 7.05 Å². The molecule has 0 bridgehead atoms. The van der Waals surface area contributed by atoms with Crippen molar-refractivity contribution in [1.29, 1.82) is 0 Å². The van der Waals surface area contributed by atoms with Crippen molar-refractivity contribution >= 4 is 0 Å². The molecule has 0 amide bonds. The maximum Gasteiger partial charge on any atom is 0.00640 e. The van der Waals surface area contributed by atoms with Crippen molar-refractivity contribution in [2.45, 2.75) is 84.1 Å². The second-order valence-corrected chi connectivity index (χ2v) is 4.68. The summed E-state index contributed by atoms with van der Waals surface area (Å²) in [5.74, 6) is 0. The Balaban J connectivity index is 3.29. The number of hydrogen-bond donors (Lipinski definition) is 1. The second-order valence-electron chi connectivity index (χ2n) is 4.68. The van der Waals surface area contributed by atoms with Gasteiger partial charge in [0.1, 0.15) is 0 Å². The molecule has 0 unspecified atom stereocenters. The first-order valence-electron chi connectivity index (χ1n) is 7.02. The molecule has 0 saturated heterocycles. The summed E-state index contributed by atoms with van der Waals surface area (Å²) in [5, 5.41) is 3.46. The molecule has 0 aliphatic carbocycles. The van der Waals surface area contributed by atoms with E-state index in [1.54, 1.807) is 0 Å². The zero-order valence-corrected chi connectivity index (χ0v) is 11.1. The molecule has 0 aromatic rings. The van der Waals surface area contributed by atoms with Crippen LogP contribution in [0.1, 0.15) is 78.1 Å². The van der Waals surface area contributed by atoms with Crippen LogP contribution in [0.25, 0.3) is 0 Å². The molecule has 0 saturated carbocycles. The maximum absolute atomic E-state index is 3.46. The highest BCUT2D eigenvalue weighted by Crippen LogP contribution is 2.11. The van der Waals surface area contributed by atoms with Crippen molar-refractivity contribution in [2.24, 2.45) is 0 Å². The van der Waals surface area contributed by atoms with Crippen LogP contribution in [0.5, 0.6) is 0 Å². The molecule has 0 rings (SSSR count). The fraction of sp³-hybridized carbons (Fsp3) is 1.00. The van der Waals surface area contributed by atoms with E-state index in [2.05, 4.69) is 26.2 Å². The van der Waals surface area contributed by atoms with Crippen LogP contribution in [-0.4, -0.2) is 13.1 Å². The van der Waals surface area contributed by atoms with Gasteiger partial charge in [0.25, 0.3) is 0 Å². The van der Waals surface area contributed by atoms with Gasteiger partial charge in [-0.1, -0.05) is 65.2 Å². The Morgan fingerprint density at radius 3 is 1.53 bits per heavy atom. The summed E-state index contributed by atoms with van der Waals surface area (Å²) >= 11 is 0. The van der Waals surface area contributed by atoms with E-state index in [4.69, 9.17) is 0 Å². The van der Waals surface area contributed by atoms with E-state index in [1.165, 1.54) is 64.2 Å². The van der Waals surface area contributed by atoms with Gasteiger partial charge in [-0.25, -0.2) is 0 Å². The predicted molar refractivity (Wildman–Crippen MR) is 70.4 cm³/mol. The molecular weight excluding hydrogens is 182 g/mol. The van der Waals surface area contributed by atoms with Crippen molar-refractivity contribution < 1.29 is 0 Å². The summed E-state index contributed by atoms with van der Waals surface area (Å²) < 4.78 is 0. The topological polar surface area (TPSA) is 12.0 Å². The Bertz CT molecular complexity index is 99.9. The highest BCUT2D eigenvalue weighted by molar-refractivity contribution is 4.64. The average molecular weight is 213 g/mol. The minimum atomic E-state index is 0.777. The first kappa shape index (κ1) is 15.0. The van der Waals surface area contributed by atoms with Crippen LogP contribution in [-0.2, 0) is 0 Å². The highest BCUT2D eigenvalue weighted by Gasteiger charge is 2.04. The van der Waals surface area contributed by atoms with Crippen LogP contribution in [0.15, 0.2) is 0 Å². The third-order valence-electron chi connectivity index (χ3n) is 3.22. The molecule has 0 spiro atoms. The number of rotatable bonds is 11. The molecule has 1 nitrogen and oxygen atoms in total. The summed E-state index contributed by atoms with van der Waals surface area (Å²) in [4.78, 5) is 0. The van der Waals surface area contributed by atoms with Gasteiger partial charge in [0, 0.05) is 6.04 Å². The molecule has 0 atom stereocenters. The highest BCUT2D eigenvalue weighted by atomic mass is 14.9. The van der Waals surface area contributed by atoms with E-state index < -0.39 is 0 Å². The van der Waals surface area contributed by atoms with Gasteiger partial charge in [0.15, 0.2) is 0 Å². The zero-order valence-electron chi connectivity index (χ0n) is 11.1. The lowest BCUT2D eigenvalue weighted by molar-refractivity contribution is 0.440. The summed E-state index contributed by atoms with van der Waals surface area (Å²) in [5.41, 5.74) is 0. The lowest BCUT2D eigenvalue weighted by Crippen LogP contribution is -2.24. The Labute approximate surface area is 97.0 Å². The minimum absolute atomic E-state index is 0.777. The average Bonchev–Trinajstić information content (AvgIpc) is 2.27. The van der Waals surface area contributed by atoms with Crippen LogP contribution in [0.4, 0.5) is 0 Å².